The molecule has 5 rings (SSSR count). The van der Waals surface area contributed by atoms with E-state index in [4.69, 9.17) is 0 Å². The van der Waals surface area contributed by atoms with Crippen molar-refractivity contribution in [3.05, 3.63) is 40.7 Å². The van der Waals surface area contributed by atoms with Crippen LogP contribution in [-0.2, 0) is 47.7 Å². The molecule has 182 valence electrons. The van der Waals surface area contributed by atoms with Gasteiger partial charge in [0.2, 0.25) is 5.91 Å². The van der Waals surface area contributed by atoms with E-state index in [0.717, 1.165) is 59.6 Å². The minimum atomic E-state index is -4.40. The van der Waals surface area contributed by atoms with Gasteiger partial charge in [-0.25, -0.2) is 4.31 Å². The van der Waals surface area contributed by atoms with Crippen LogP contribution in [-0.4, -0.2) is 54.7 Å². The van der Waals surface area contributed by atoms with Gasteiger partial charge < -0.3 is 15.3 Å². The number of nitrogens with one attached hydrogen (secondary N) is 1. The van der Waals surface area contributed by atoms with Gasteiger partial charge in [0, 0.05) is 38.9 Å². The van der Waals surface area contributed by atoms with Crippen molar-refractivity contribution in [1.29, 1.82) is 0 Å². The predicted molar refractivity (Wildman–Crippen MR) is 127 cm³/mol. The number of aromatic nitrogens is 2. The number of fused-ring (bicyclic) bond motifs is 2. The van der Waals surface area contributed by atoms with E-state index in [1.165, 1.54) is 26.9 Å². The van der Waals surface area contributed by atoms with Crippen molar-refractivity contribution in [3.8, 4) is 0 Å². The highest BCUT2D eigenvalue weighted by molar-refractivity contribution is 7.91. The van der Waals surface area contributed by atoms with Gasteiger partial charge in [0.15, 0.2) is 0 Å². The zero-order valence-corrected chi connectivity index (χ0v) is 20.3. The zero-order chi connectivity index (χ0) is 24.0. The van der Waals surface area contributed by atoms with Crippen LogP contribution >= 0.6 is 0 Å². The molecule has 1 atom stereocenters. The Kier molecular flexibility index (Phi) is 5.75. The van der Waals surface area contributed by atoms with Crippen molar-refractivity contribution in [2.45, 2.75) is 57.4 Å². The van der Waals surface area contributed by atoms with E-state index < -0.39 is 22.3 Å². The van der Waals surface area contributed by atoms with Crippen molar-refractivity contribution in [1.82, 2.24) is 14.7 Å². The number of carbonyl (C=O) groups excluding carboxylic acids is 1. The number of benzene rings is 1. The molecule has 0 spiro atoms. The third kappa shape index (κ3) is 4.13. The number of nitrogens with zero attached hydrogens (tertiary/aromatic N) is 5. The molecule has 0 saturated carbocycles. The Morgan fingerprint density at radius 3 is 2.41 bits per heavy atom. The van der Waals surface area contributed by atoms with E-state index in [2.05, 4.69) is 20.9 Å². The van der Waals surface area contributed by atoms with E-state index in [1.54, 1.807) is 20.3 Å². The van der Waals surface area contributed by atoms with Crippen LogP contribution in [0.15, 0.2) is 22.9 Å². The summed E-state index contributed by atoms with van der Waals surface area (Å²) in [5, 5.41) is 19.9. The molecule has 3 aliphatic rings. The maximum Gasteiger partial charge on any atom is 0.345 e. The summed E-state index contributed by atoms with van der Waals surface area (Å²) < 4.78 is 33.2. The van der Waals surface area contributed by atoms with Crippen LogP contribution in [0.3, 0.4) is 0 Å². The fourth-order valence-electron chi connectivity index (χ4n) is 5.48. The summed E-state index contributed by atoms with van der Waals surface area (Å²) in [6.45, 7) is 0.212. The smallest absolute Gasteiger partial charge is 0.345 e. The standard InChI is InChI=1S/C23H30N6O4S/c1-27-13-17(9-10-21(27)30)29(18-12-24-28(2)14-18)34(32,33)26-23(31)25-22-19-7-3-5-15(19)11-16-6-4-8-20(16)22/h11-12,14,17H,3-10,13H2,1-2H3,(H2,25,26,31)/p-1. The summed E-state index contributed by atoms with van der Waals surface area (Å²) in [5.74, 6) is -0.0405. The molecule has 10 nitrogen and oxygen atoms in total. The average Bonchev–Trinajstić information content (AvgIpc) is 3.51. The SMILES string of the molecule is CN1CC(N(c2cnn(C)c2)S(=O)(=O)/N=C(\[O-])Nc2c3c(cc4c2CCC4)CCC3)CCC1=O. The maximum absolute atomic E-state index is 13.5. The number of amidine groups is 1. The molecule has 2 aliphatic carbocycles. The summed E-state index contributed by atoms with van der Waals surface area (Å²) >= 11 is 0. The molecule has 11 heteroatoms. The van der Waals surface area contributed by atoms with Crippen LogP contribution in [0.5, 0.6) is 0 Å². The van der Waals surface area contributed by atoms with Crippen molar-refractivity contribution in [3.63, 3.8) is 0 Å². The number of hydrogen-bond donors (Lipinski definition) is 1. The van der Waals surface area contributed by atoms with E-state index in [9.17, 15) is 18.3 Å². The lowest BCUT2D eigenvalue weighted by Gasteiger charge is -2.36. The summed E-state index contributed by atoms with van der Waals surface area (Å²) in [6, 6.07) is 0.807. The van der Waals surface area contributed by atoms with Crippen LogP contribution in [0.2, 0.25) is 0 Å². The van der Waals surface area contributed by atoms with E-state index >= 15 is 0 Å². The Balaban J connectivity index is 1.48. The van der Waals surface area contributed by atoms with Gasteiger partial charge in [0.25, 0.3) is 0 Å². The Labute approximate surface area is 199 Å². The van der Waals surface area contributed by atoms with Crippen LogP contribution in [0.25, 0.3) is 0 Å². The largest absolute Gasteiger partial charge is 0.845 e. The summed E-state index contributed by atoms with van der Waals surface area (Å²) in [4.78, 5) is 13.5. The van der Waals surface area contributed by atoms with Crippen LogP contribution in [0.1, 0.15) is 47.9 Å². The van der Waals surface area contributed by atoms with Gasteiger partial charge in [-0.2, -0.15) is 13.5 Å². The zero-order valence-electron chi connectivity index (χ0n) is 19.5. The lowest BCUT2D eigenvalue weighted by molar-refractivity contribution is -0.213. The number of hydrogen-bond acceptors (Lipinski definition) is 5. The van der Waals surface area contributed by atoms with Gasteiger partial charge in [0.1, 0.15) is 0 Å². The Bertz CT molecular complexity index is 1240. The fourth-order valence-corrected chi connectivity index (χ4v) is 6.73. The number of likely N-dealkylation sites (tertiary alicyclic amines) is 1. The van der Waals surface area contributed by atoms with E-state index in [-0.39, 0.29) is 18.9 Å². The number of rotatable bonds is 5. The fraction of sp³-hybridized carbons (Fsp3) is 0.522. The van der Waals surface area contributed by atoms with E-state index in [1.807, 2.05) is 0 Å². The molecule has 1 amide bonds. The second-order valence-electron chi connectivity index (χ2n) is 9.37. The average molecular weight is 486 g/mol. The van der Waals surface area contributed by atoms with Crippen molar-refractivity contribution in [2.75, 3.05) is 23.2 Å². The minimum absolute atomic E-state index is 0.0405. The Morgan fingerprint density at radius 1 is 1.15 bits per heavy atom. The molecule has 0 radical (unpaired) electrons. The first-order valence-electron chi connectivity index (χ1n) is 11.7. The minimum Gasteiger partial charge on any atom is -0.845 e. The molecule has 1 saturated heterocycles. The van der Waals surface area contributed by atoms with Gasteiger partial charge in [-0.15, -0.1) is 4.40 Å². The molecule has 2 heterocycles. The highest BCUT2D eigenvalue weighted by Crippen LogP contribution is 2.38. The van der Waals surface area contributed by atoms with Gasteiger partial charge >= 0.3 is 10.2 Å². The third-order valence-corrected chi connectivity index (χ3v) is 8.43. The van der Waals surface area contributed by atoms with Crippen LogP contribution in [0, 0.1) is 0 Å². The number of anilines is 2. The van der Waals surface area contributed by atoms with E-state index in [0.29, 0.717) is 12.1 Å². The molecular weight excluding hydrogens is 456 g/mol. The molecule has 1 N–H and O–H groups in total. The molecule has 34 heavy (non-hydrogen) atoms. The normalized spacial score (nSPS) is 20.4. The molecule has 1 aromatic heterocycles. The first-order valence-corrected chi connectivity index (χ1v) is 13.1. The lowest BCUT2D eigenvalue weighted by Crippen LogP contribution is -2.51. The van der Waals surface area contributed by atoms with Gasteiger partial charge in [-0.05, 0) is 67.2 Å². The second-order valence-corrected chi connectivity index (χ2v) is 10.8. The number of aryl methyl sites for hydroxylation is 3. The first kappa shape index (κ1) is 22.7. The highest BCUT2D eigenvalue weighted by Gasteiger charge is 2.35. The van der Waals surface area contributed by atoms with Crippen molar-refractivity contribution < 1.29 is 18.3 Å². The molecule has 1 aliphatic heterocycles. The lowest BCUT2D eigenvalue weighted by atomic mass is 9.99. The molecule has 0 bridgehead atoms. The molecular formula is C23H29N6O4S-. The summed E-state index contributed by atoms with van der Waals surface area (Å²) in [7, 11) is -1.07. The summed E-state index contributed by atoms with van der Waals surface area (Å²) in [5.41, 5.74) is 5.77. The molecule has 1 aromatic carbocycles. The number of likely N-dealkylation sites (N-methyl/N-ethyl adjacent to an activating group) is 1. The Hall–Kier alpha value is -3.08. The van der Waals surface area contributed by atoms with Crippen molar-refractivity contribution in [2.24, 2.45) is 11.4 Å². The van der Waals surface area contributed by atoms with Crippen LogP contribution < -0.4 is 14.7 Å². The van der Waals surface area contributed by atoms with Gasteiger partial charge in [-0.3, -0.25) is 9.48 Å². The first-order chi connectivity index (χ1) is 16.2. The molecule has 2 aromatic rings. The molecule has 1 unspecified atom stereocenters. The van der Waals surface area contributed by atoms with Crippen LogP contribution in [0.4, 0.5) is 11.4 Å². The Morgan fingerprint density at radius 2 is 1.82 bits per heavy atom. The number of carbonyl (C=O) groups is 1. The number of amides is 1. The number of piperidine rings is 1. The molecule has 1 fully saturated rings. The quantitative estimate of drug-likeness (QED) is 0.496. The van der Waals surface area contributed by atoms with Gasteiger partial charge in [-0.1, -0.05) is 6.07 Å². The third-order valence-electron chi connectivity index (χ3n) is 7.03. The topological polar surface area (TPSA) is 123 Å². The second kappa shape index (κ2) is 8.61. The highest BCUT2D eigenvalue weighted by atomic mass is 32.2. The van der Waals surface area contributed by atoms with Crippen molar-refractivity contribution >= 4 is 33.5 Å². The van der Waals surface area contributed by atoms with Gasteiger partial charge in [0.05, 0.1) is 23.9 Å². The maximum atomic E-state index is 13.5. The predicted octanol–water partition coefficient (Wildman–Crippen LogP) is 0.898. The summed E-state index contributed by atoms with van der Waals surface area (Å²) in [6.07, 6.45) is 9.31. The monoisotopic (exact) mass is 485 g/mol.